The van der Waals surface area contributed by atoms with Crippen LogP contribution in [0, 0.1) is 17.2 Å². The predicted octanol–water partition coefficient (Wildman–Crippen LogP) is 1.70. The van der Waals surface area contributed by atoms with Gasteiger partial charge in [0, 0.05) is 30.7 Å². The van der Waals surface area contributed by atoms with Crippen LogP contribution in [0.4, 0.5) is 5.82 Å². The van der Waals surface area contributed by atoms with Gasteiger partial charge in [0.15, 0.2) is 0 Å². The Morgan fingerprint density at radius 1 is 1.33 bits per heavy atom. The Kier molecular flexibility index (Phi) is 4.56. The maximum atomic E-state index is 9.45. The van der Waals surface area contributed by atoms with E-state index in [1.165, 1.54) is 0 Å². The first-order valence-electron chi connectivity index (χ1n) is 8.40. The molecule has 2 fully saturated rings. The van der Waals surface area contributed by atoms with Gasteiger partial charge in [-0.1, -0.05) is 0 Å². The zero-order valence-corrected chi connectivity index (χ0v) is 14.8. The van der Waals surface area contributed by atoms with Crippen molar-refractivity contribution in [3.05, 3.63) is 17.8 Å². The van der Waals surface area contributed by atoms with E-state index < -0.39 is 18.3 Å². The van der Waals surface area contributed by atoms with Crippen molar-refractivity contribution in [2.45, 2.75) is 45.3 Å². The van der Waals surface area contributed by atoms with Crippen molar-refractivity contribution >= 4 is 18.4 Å². The molecule has 1 N–H and O–H groups in total. The molecule has 3 rings (SSSR count). The van der Waals surface area contributed by atoms with E-state index in [0.717, 1.165) is 31.6 Å². The summed E-state index contributed by atoms with van der Waals surface area (Å²) in [5, 5.41) is 12.7. The molecule has 6 nitrogen and oxygen atoms in total. The van der Waals surface area contributed by atoms with E-state index in [1.807, 2.05) is 27.7 Å². The van der Waals surface area contributed by atoms with Gasteiger partial charge in [-0.15, -0.1) is 0 Å². The molecule has 1 aromatic heterocycles. The van der Waals surface area contributed by atoms with Crippen LogP contribution >= 0.6 is 0 Å². The van der Waals surface area contributed by atoms with E-state index in [2.05, 4.69) is 16.4 Å². The Hall–Kier alpha value is -1.62. The summed E-state index contributed by atoms with van der Waals surface area (Å²) >= 11 is 0. The topological polar surface area (TPSA) is 76.4 Å². The molecular weight excluding hydrogens is 305 g/mol. The normalized spacial score (nSPS) is 24.8. The molecule has 0 saturated carbocycles. The molecule has 7 heteroatoms. The van der Waals surface area contributed by atoms with Gasteiger partial charge in [-0.2, -0.15) is 5.26 Å². The van der Waals surface area contributed by atoms with Crippen LogP contribution in [0.2, 0.25) is 0 Å². The summed E-state index contributed by atoms with van der Waals surface area (Å²) < 4.78 is 17.4. The van der Waals surface area contributed by atoms with Crippen LogP contribution in [0.15, 0.2) is 12.3 Å². The lowest BCUT2D eigenvalue weighted by molar-refractivity contribution is 0.00578. The predicted molar refractivity (Wildman–Crippen MR) is 92.1 cm³/mol. The zero-order chi connectivity index (χ0) is 17.4. The minimum absolute atomic E-state index is 0.413. The van der Waals surface area contributed by atoms with Crippen LogP contribution in [0.3, 0.4) is 0 Å². The number of ether oxygens (including phenoxy) is 1. The van der Waals surface area contributed by atoms with E-state index >= 15 is 0 Å². The Balaban J connectivity index is 1.74. The third-order valence-corrected chi connectivity index (χ3v) is 5.14. The fraction of sp³-hybridized carbons (Fsp3) is 0.647. The van der Waals surface area contributed by atoms with Crippen LogP contribution in [-0.4, -0.2) is 43.1 Å². The van der Waals surface area contributed by atoms with E-state index in [-0.39, 0.29) is 0 Å². The van der Waals surface area contributed by atoms with E-state index in [4.69, 9.17) is 14.0 Å². The largest absolute Gasteiger partial charge is 0.496 e. The van der Waals surface area contributed by atoms with Gasteiger partial charge in [0.2, 0.25) is 0 Å². The number of hydrogen-bond acceptors (Lipinski definition) is 6. The van der Waals surface area contributed by atoms with Crippen molar-refractivity contribution in [3.8, 4) is 6.07 Å². The van der Waals surface area contributed by atoms with Crippen molar-refractivity contribution in [2.75, 3.05) is 25.1 Å². The summed E-state index contributed by atoms with van der Waals surface area (Å²) in [6, 6.07) is 4.00. The fourth-order valence-electron chi connectivity index (χ4n) is 2.80. The highest BCUT2D eigenvalue weighted by Gasteiger charge is 2.51. The number of nitrogens with zero attached hydrogens (tertiary/aromatic N) is 2. The van der Waals surface area contributed by atoms with Gasteiger partial charge in [0.25, 0.3) is 0 Å². The summed E-state index contributed by atoms with van der Waals surface area (Å²) in [5.41, 5.74) is 0.439. The minimum Gasteiger partial charge on any atom is -0.399 e. The second kappa shape index (κ2) is 6.36. The molecule has 0 radical (unpaired) electrons. The molecule has 24 heavy (non-hydrogen) atoms. The van der Waals surface area contributed by atoms with Gasteiger partial charge in [0.05, 0.1) is 23.4 Å². The molecule has 2 aliphatic heterocycles. The number of nitrogens with one attached hydrogen (secondary N) is 1. The van der Waals surface area contributed by atoms with Crippen LogP contribution in [0.25, 0.3) is 0 Å². The molecule has 0 aromatic carbocycles. The number of pyridine rings is 1. The SMILES string of the molecule is CC1(C)OB(c2cnc(NCC3CCOC3)c(C#N)c2)OC1(C)C. The quantitative estimate of drug-likeness (QED) is 0.848. The Labute approximate surface area is 143 Å². The molecule has 0 aliphatic carbocycles. The van der Waals surface area contributed by atoms with Gasteiger partial charge in [-0.3, -0.25) is 0 Å². The van der Waals surface area contributed by atoms with Gasteiger partial charge in [0.1, 0.15) is 11.9 Å². The van der Waals surface area contributed by atoms with Gasteiger partial charge < -0.3 is 19.4 Å². The Morgan fingerprint density at radius 2 is 2.04 bits per heavy atom. The second-order valence-corrected chi connectivity index (χ2v) is 7.48. The number of rotatable bonds is 4. The third-order valence-electron chi connectivity index (χ3n) is 5.14. The Morgan fingerprint density at radius 3 is 2.62 bits per heavy atom. The van der Waals surface area contributed by atoms with Crippen LogP contribution in [-0.2, 0) is 14.0 Å². The number of anilines is 1. The summed E-state index contributed by atoms with van der Waals surface area (Å²) in [4.78, 5) is 4.42. The summed E-state index contributed by atoms with van der Waals surface area (Å²) in [6.45, 7) is 10.4. The first-order valence-corrected chi connectivity index (χ1v) is 8.40. The smallest absolute Gasteiger partial charge is 0.399 e. The molecule has 0 bridgehead atoms. The highest BCUT2D eigenvalue weighted by atomic mass is 16.7. The van der Waals surface area contributed by atoms with Crippen molar-refractivity contribution in [1.82, 2.24) is 4.98 Å². The maximum absolute atomic E-state index is 9.45. The van der Waals surface area contributed by atoms with E-state index in [1.54, 1.807) is 12.3 Å². The summed E-state index contributed by atoms with van der Waals surface area (Å²) in [7, 11) is -0.508. The standard InChI is InChI=1S/C17H24BN3O3/c1-16(2)17(3,4)24-18(23-16)14-7-13(8-19)15(21-10-14)20-9-12-5-6-22-11-12/h7,10,12H,5-6,9,11H2,1-4H3,(H,20,21). The van der Waals surface area contributed by atoms with Gasteiger partial charge in [-0.05, 0) is 40.2 Å². The average Bonchev–Trinajstić information content (AvgIpc) is 3.11. The lowest BCUT2D eigenvalue weighted by Crippen LogP contribution is -2.41. The van der Waals surface area contributed by atoms with Crippen molar-refractivity contribution in [3.63, 3.8) is 0 Å². The monoisotopic (exact) mass is 329 g/mol. The van der Waals surface area contributed by atoms with Crippen LogP contribution < -0.4 is 10.8 Å². The lowest BCUT2D eigenvalue weighted by Gasteiger charge is -2.32. The summed E-state index contributed by atoms with van der Waals surface area (Å²) in [5.74, 6) is 1.07. The van der Waals surface area contributed by atoms with E-state index in [0.29, 0.717) is 17.3 Å². The van der Waals surface area contributed by atoms with E-state index in [9.17, 15) is 5.26 Å². The molecule has 1 atom stereocenters. The molecule has 0 spiro atoms. The second-order valence-electron chi connectivity index (χ2n) is 7.48. The molecule has 0 amide bonds. The number of aromatic nitrogens is 1. The minimum atomic E-state index is -0.508. The molecule has 2 aliphatic rings. The van der Waals surface area contributed by atoms with Gasteiger partial charge in [-0.25, -0.2) is 4.98 Å². The first kappa shape index (κ1) is 17.2. The average molecular weight is 329 g/mol. The number of hydrogen-bond donors (Lipinski definition) is 1. The van der Waals surface area contributed by atoms with Crippen molar-refractivity contribution in [2.24, 2.45) is 5.92 Å². The molecule has 3 heterocycles. The fourth-order valence-corrected chi connectivity index (χ4v) is 2.80. The zero-order valence-electron chi connectivity index (χ0n) is 14.8. The van der Waals surface area contributed by atoms with Gasteiger partial charge >= 0.3 is 7.12 Å². The number of nitriles is 1. The molecule has 1 aromatic rings. The lowest BCUT2D eigenvalue weighted by atomic mass is 9.79. The van der Waals surface area contributed by atoms with Crippen molar-refractivity contribution < 1.29 is 14.0 Å². The maximum Gasteiger partial charge on any atom is 0.496 e. The molecule has 2 saturated heterocycles. The highest BCUT2D eigenvalue weighted by Crippen LogP contribution is 2.36. The summed E-state index contributed by atoms with van der Waals surface area (Å²) in [6.07, 6.45) is 2.76. The van der Waals surface area contributed by atoms with Crippen LogP contribution in [0.5, 0.6) is 0 Å². The Bertz CT molecular complexity index is 635. The van der Waals surface area contributed by atoms with Crippen LogP contribution in [0.1, 0.15) is 39.7 Å². The molecule has 128 valence electrons. The third kappa shape index (κ3) is 3.27. The highest BCUT2D eigenvalue weighted by molar-refractivity contribution is 6.62. The van der Waals surface area contributed by atoms with Crippen molar-refractivity contribution in [1.29, 1.82) is 5.26 Å². The molecule has 1 unspecified atom stereocenters. The molecular formula is C17H24BN3O3. The first-order chi connectivity index (χ1) is 11.3.